The van der Waals surface area contributed by atoms with Gasteiger partial charge in [-0.05, 0) is 54.8 Å². The summed E-state index contributed by atoms with van der Waals surface area (Å²) in [5, 5.41) is 19.0. The SMILES string of the molecule is O=C(NCc1ccc(NC2=NCCN2)cc1)c1ccc(N2CCC(O)CC2)cc1. The minimum Gasteiger partial charge on any atom is -0.393 e. The molecule has 1 fully saturated rings. The molecule has 0 aromatic heterocycles. The van der Waals surface area contributed by atoms with Crippen LogP contribution in [0.1, 0.15) is 28.8 Å². The normalized spacial score (nSPS) is 16.9. The van der Waals surface area contributed by atoms with E-state index in [1.54, 1.807) is 0 Å². The number of benzene rings is 2. The lowest BCUT2D eigenvalue weighted by molar-refractivity contribution is 0.0951. The summed E-state index contributed by atoms with van der Waals surface area (Å²) < 4.78 is 0. The number of hydrogen-bond donors (Lipinski definition) is 4. The molecule has 2 heterocycles. The van der Waals surface area contributed by atoms with E-state index < -0.39 is 0 Å². The standard InChI is InChI=1S/C22H27N5O2/c28-20-9-13-27(14-10-20)19-7-3-17(4-8-19)21(29)25-15-16-1-5-18(6-2-16)26-22-23-11-12-24-22/h1-8,20,28H,9-15H2,(H,25,29)(H2,23,24,26). The molecule has 7 nitrogen and oxygen atoms in total. The molecule has 29 heavy (non-hydrogen) atoms. The average Bonchev–Trinajstić information content (AvgIpc) is 3.27. The number of aliphatic hydroxyl groups is 1. The Kier molecular flexibility index (Phi) is 5.95. The number of rotatable bonds is 5. The first-order chi connectivity index (χ1) is 14.2. The third kappa shape index (κ3) is 5.06. The van der Waals surface area contributed by atoms with Crippen LogP contribution in [0.2, 0.25) is 0 Å². The number of piperidine rings is 1. The Balaban J connectivity index is 1.28. The zero-order chi connectivity index (χ0) is 20.1. The maximum absolute atomic E-state index is 12.5. The van der Waals surface area contributed by atoms with E-state index in [0.29, 0.717) is 12.1 Å². The minimum atomic E-state index is -0.186. The number of amides is 1. The summed E-state index contributed by atoms with van der Waals surface area (Å²) >= 11 is 0. The highest BCUT2D eigenvalue weighted by Gasteiger charge is 2.17. The second-order valence-corrected chi connectivity index (χ2v) is 7.43. The number of aliphatic imine (C=N–C) groups is 1. The molecule has 0 aliphatic carbocycles. The highest BCUT2D eigenvalue weighted by atomic mass is 16.3. The minimum absolute atomic E-state index is 0.0858. The summed E-state index contributed by atoms with van der Waals surface area (Å²) in [6.07, 6.45) is 1.40. The zero-order valence-electron chi connectivity index (χ0n) is 16.4. The van der Waals surface area contributed by atoms with E-state index >= 15 is 0 Å². The predicted molar refractivity (Wildman–Crippen MR) is 115 cm³/mol. The van der Waals surface area contributed by atoms with Gasteiger partial charge in [0.25, 0.3) is 5.91 Å². The van der Waals surface area contributed by atoms with Crippen molar-refractivity contribution < 1.29 is 9.90 Å². The van der Waals surface area contributed by atoms with Gasteiger partial charge in [-0.2, -0.15) is 0 Å². The van der Waals surface area contributed by atoms with Crippen LogP contribution in [0.5, 0.6) is 0 Å². The number of nitrogens with one attached hydrogen (secondary N) is 3. The van der Waals surface area contributed by atoms with E-state index in [2.05, 4.69) is 25.8 Å². The van der Waals surface area contributed by atoms with Crippen molar-refractivity contribution in [3.05, 3.63) is 59.7 Å². The summed E-state index contributed by atoms with van der Waals surface area (Å²) in [5.41, 5.74) is 3.75. The smallest absolute Gasteiger partial charge is 0.251 e. The van der Waals surface area contributed by atoms with Gasteiger partial charge in [0, 0.05) is 43.1 Å². The molecule has 2 aromatic rings. The molecule has 0 spiro atoms. The first-order valence-electron chi connectivity index (χ1n) is 10.1. The number of guanidine groups is 1. The lowest BCUT2D eigenvalue weighted by Crippen LogP contribution is -2.35. The van der Waals surface area contributed by atoms with E-state index in [4.69, 9.17) is 0 Å². The molecule has 0 radical (unpaired) electrons. The Morgan fingerprint density at radius 2 is 1.83 bits per heavy atom. The van der Waals surface area contributed by atoms with E-state index in [0.717, 1.165) is 61.9 Å². The second-order valence-electron chi connectivity index (χ2n) is 7.43. The lowest BCUT2D eigenvalue weighted by atomic mass is 10.1. The third-order valence-electron chi connectivity index (χ3n) is 5.30. The van der Waals surface area contributed by atoms with Gasteiger partial charge in [-0.1, -0.05) is 12.1 Å². The molecule has 152 valence electrons. The fourth-order valence-electron chi connectivity index (χ4n) is 3.56. The van der Waals surface area contributed by atoms with Gasteiger partial charge >= 0.3 is 0 Å². The number of nitrogens with zero attached hydrogens (tertiary/aromatic N) is 2. The highest BCUT2D eigenvalue weighted by Crippen LogP contribution is 2.20. The number of carbonyl (C=O) groups excluding carboxylic acids is 1. The Morgan fingerprint density at radius 3 is 2.48 bits per heavy atom. The van der Waals surface area contributed by atoms with Crippen LogP contribution in [-0.4, -0.2) is 49.3 Å². The Morgan fingerprint density at radius 1 is 1.10 bits per heavy atom. The van der Waals surface area contributed by atoms with Crippen LogP contribution < -0.4 is 20.9 Å². The van der Waals surface area contributed by atoms with Gasteiger partial charge in [0.1, 0.15) is 0 Å². The van der Waals surface area contributed by atoms with Crippen molar-refractivity contribution in [2.45, 2.75) is 25.5 Å². The van der Waals surface area contributed by atoms with Crippen molar-refractivity contribution in [2.24, 2.45) is 4.99 Å². The van der Waals surface area contributed by atoms with Crippen molar-refractivity contribution in [3.63, 3.8) is 0 Å². The molecule has 7 heteroatoms. The van der Waals surface area contributed by atoms with E-state index in [-0.39, 0.29) is 12.0 Å². The number of anilines is 2. The summed E-state index contributed by atoms with van der Waals surface area (Å²) in [6.45, 7) is 3.84. The van der Waals surface area contributed by atoms with Crippen LogP contribution >= 0.6 is 0 Å². The molecular formula is C22H27N5O2. The molecule has 4 rings (SSSR count). The van der Waals surface area contributed by atoms with Gasteiger partial charge in [-0.15, -0.1) is 0 Å². The van der Waals surface area contributed by atoms with E-state index in [9.17, 15) is 9.90 Å². The Labute approximate surface area is 170 Å². The fraction of sp³-hybridized carbons (Fsp3) is 0.364. The number of carbonyl (C=O) groups is 1. The maximum atomic E-state index is 12.5. The first-order valence-corrected chi connectivity index (χ1v) is 10.1. The van der Waals surface area contributed by atoms with E-state index in [1.165, 1.54) is 0 Å². The quantitative estimate of drug-likeness (QED) is 0.624. The van der Waals surface area contributed by atoms with E-state index in [1.807, 2.05) is 48.5 Å². The zero-order valence-corrected chi connectivity index (χ0v) is 16.4. The molecular weight excluding hydrogens is 366 g/mol. The molecule has 2 aromatic carbocycles. The van der Waals surface area contributed by atoms with Crippen molar-refractivity contribution in [3.8, 4) is 0 Å². The molecule has 1 amide bonds. The molecule has 2 aliphatic heterocycles. The van der Waals surface area contributed by atoms with Crippen molar-refractivity contribution in [2.75, 3.05) is 36.4 Å². The summed E-state index contributed by atoms with van der Waals surface area (Å²) in [6, 6.07) is 15.6. The summed E-state index contributed by atoms with van der Waals surface area (Å²) in [5.74, 6) is 0.715. The molecule has 0 atom stereocenters. The monoisotopic (exact) mass is 393 g/mol. The van der Waals surface area contributed by atoms with Gasteiger partial charge in [0.15, 0.2) is 5.96 Å². The van der Waals surface area contributed by atoms with Crippen molar-refractivity contribution in [1.82, 2.24) is 10.6 Å². The Hall–Kier alpha value is -3.06. The highest BCUT2D eigenvalue weighted by molar-refractivity contribution is 5.95. The van der Waals surface area contributed by atoms with Crippen LogP contribution in [-0.2, 0) is 6.54 Å². The van der Waals surface area contributed by atoms with Crippen LogP contribution in [0.15, 0.2) is 53.5 Å². The second kappa shape index (κ2) is 8.96. The maximum Gasteiger partial charge on any atom is 0.251 e. The predicted octanol–water partition coefficient (Wildman–Crippen LogP) is 1.95. The Bertz CT molecular complexity index is 856. The van der Waals surface area contributed by atoms with Crippen LogP contribution in [0.4, 0.5) is 11.4 Å². The largest absolute Gasteiger partial charge is 0.393 e. The molecule has 0 unspecified atom stereocenters. The number of aliphatic hydroxyl groups excluding tert-OH is 1. The summed E-state index contributed by atoms with van der Waals surface area (Å²) in [7, 11) is 0. The van der Waals surface area contributed by atoms with Gasteiger partial charge in [-0.25, -0.2) is 0 Å². The van der Waals surface area contributed by atoms with Gasteiger partial charge in [-0.3, -0.25) is 9.79 Å². The van der Waals surface area contributed by atoms with Crippen molar-refractivity contribution >= 4 is 23.2 Å². The topological polar surface area (TPSA) is 89.0 Å². The molecule has 2 aliphatic rings. The van der Waals surface area contributed by atoms with Gasteiger partial charge < -0.3 is 26.0 Å². The third-order valence-corrected chi connectivity index (χ3v) is 5.30. The lowest BCUT2D eigenvalue weighted by Gasteiger charge is -2.31. The van der Waals surface area contributed by atoms with Crippen LogP contribution in [0.3, 0.4) is 0 Å². The van der Waals surface area contributed by atoms with Crippen LogP contribution in [0, 0.1) is 0 Å². The fourth-order valence-corrected chi connectivity index (χ4v) is 3.56. The molecule has 1 saturated heterocycles. The molecule has 4 N–H and O–H groups in total. The first kappa shape index (κ1) is 19.3. The molecule has 0 bridgehead atoms. The van der Waals surface area contributed by atoms with Crippen molar-refractivity contribution in [1.29, 1.82) is 0 Å². The average molecular weight is 393 g/mol. The summed E-state index contributed by atoms with van der Waals surface area (Å²) in [4.78, 5) is 19.0. The molecule has 0 saturated carbocycles. The van der Waals surface area contributed by atoms with Crippen LogP contribution in [0.25, 0.3) is 0 Å². The van der Waals surface area contributed by atoms with Gasteiger partial charge in [0.2, 0.25) is 0 Å². The number of hydrogen-bond acceptors (Lipinski definition) is 6. The van der Waals surface area contributed by atoms with Gasteiger partial charge in [0.05, 0.1) is 12.6 Å².